The number of amides is 8. The molecule has 0 aliphatic carbocycles. The molecule has 20 N–H and O–H groups in total. The van der Waals surface area contributed by atoms with Crippen LogP contribution in [0.15, 0.2) is 70.8 Å². The molecule has 0 bridgehead atoms. The number of aromatic amines is 1. The molecule has 25 heteroatoms. The van der Waals surface area contributed by atoms with Gasteiger partial charge in [-0.25, -0.2) is 0 Å². The van der Waals surface area contributed by atoms with Crippen molar-refractivity contribution in [3.05, 3.63) is 71.9 Å². The molecule has 8 unspecified atom stereocenters. The van der Waals surface area contributed by atoms with Crippen LogP contribution in [0.4, 0.5) is 0 Å². The van der Waals surface area contributed by atoms with E-state index in [1.54, 1.807) is 50.4 Å². The Morgan fingerprint density at radius 1 is 0.770 bits per heavy atom. The molecule has 0 spiro atoms. The van der Waals surface area contributed by atoms with E-state index in [0.717, 1.165) is 10.9 Å². The molecular weight excluding hydrogens is 957 g/mol. The quantitative estimate of drug-likeness (QED) is 0.0367. The van der Waals surface area contributed by atoms with Gasteiger partial charge in [0.15, 0.2) is 11.9 Å². The van der Waals surface area contributed by atoms with Gasteiger partial charge in [0.05, 0.1) is 18.5 Å². The van der Waals surface area contributed by atoms with E-state index in [0.29, 0.717) is 11.1 Å². The lowest BCUT2D eigenvalue weighted by molar-refractivity contribution is -0.136. The molecule has 25 nitrogen and oxygen atoms in total. The first-order valence-electron chi connectivity index (χ1n) is 24.7. The number of aromatic nitrogens is 1. The highest BCUT2D eigenvalue weighted by atomic mass is 16.3. The first-order valence-corrected chi connectivity index (χ1v) is 24.7. The summed E-state index contributed by atoms with van der Waals surface area (Å²) in [6, 6.07) is 7.17. The number of rotatable bonds is 17. The largest absolute Gasteiger partial charge is 0.376 e. The Labute approximate surface area is 429 Å². The zero-order valence-corrected chi connectivity index (χ0v) is 42.2. The minimum Gasteiger partial charge on any atom is -0.376 e. The zero-order valence-electron chi connectivity index (χ0n) is 42.2. The molecule has 1 aliphatic heterocycles. The van der Waals surface area contributed by atoms with Gasteiger partial charge in [-0.05, 0) is 74.5 Å². The van der Waals surface area contributed by atoms with Gasteiger partial charge < -0.3 is 76.0 Å². The lowest BCUT2D eigenvalue weighted by atomic mass is 9.99. The van der Waals surface area contributed by atoms with Crippen molar-refractivity contribution in [2.75, 3.05) is 19.6 Å². The number of nitrogens with one attached hydrogen (secondary N) is 9. The smallest absolute Gasteiger partial charge is 0.243 e. The summed E-state index contributed by atoms with van der Waals surface area (Å²) >= 11 is 0. The van der Waals surface area contributed by atoms with Crippen LogP contribution in [-0.4, -0.2) is 137 Å². The average Bonchev–Trinajstić information content (AvgIpc) is 3.75. The number of nitrogens with two attached hydrogens (primary N) is 5. The van der Waals surface area contributed by atoms with Crippen LogP contribution in [0.3, 0.4) is 0 Å². The van der Waals surface area contributed by atoms with Crippen LogP contribution in [0, 0.1) is 5.92 Å². The molecule has 74 heavy (non-hydrogen) atoms. The first kappa shape index (κ1) is 58.8. The lowest BCUT2D eigenvalue weighted by Gasteiger charge is -2.31. The summed E-state index contributed by atoms with van der Waals surface area (Å²) in [5.41, 5.74) is 30.0. The monoisotopic (exact) mass is 1030 g/mol. The molecule has 0 saturated carbocycles. The van der Waals surface area contributed by atoms with Crippen molar-refractivity contribution in [2.24, 2.45) is 44.6 Å². The number of hydrogen-bond acceptors (Lipinski definition) is 12. The molecule has 3 aromatic rings. The average molecular weight is 1030 g/mol. The third kappa shape index (κ3) is 19.7. The van der Waals surface area contributed by atoms with Crippen LogP contribution in [0.5, 0.6) is 0 Å². The fourth-order valence-electron chi connectivity index (χ4n) is 8.31. The topological polar surface area (TPSA) is 424 Å². The molecule has 1 saturated heterocycles. The summed E-state index contributed by atoms with van der Waals surface area (Å²) in [4.78, 5) is 121. The van der Waals surface area contributed by atoms with Crippen LogP contribution in [0.25, 0.3) is 10.9 Å². The standard InChI is InChI=1S/C49H74N16O9/c1-27(2)40-47(74)64-36(23-29-13-5-4-6-14-29)44(71)61-35(19-12-22-57-49(53)54)43(70)62-37(24-30-26-58-32-16-8-7-15-31(30)32)45(72)60-33(41(50)68)17-9-10-20-55-39(67)25-38(46(73)65-40)63-42(69)34(59-28(3)66)18-11-21-56-48(51)52/h4-8,13-16,26-27,33-38,40,43,58,62,70H,9-12,17-25H2,1-3H3,(H2,50,68)(H,55,67)(H,59,66)(H,60,72)(H,61,71)(H,63,69)(H,64,74)(H,65,73)(H4,51,52,56)(H4,53,54,57). The predicted octanol–water partition coefficient (Wildman–Crippen LogP) is -2.90. The number of fused-ring (bicyclic) bond motifs is 1. The van der Waals surface area contributed by atoms with Crippen molar-refractivity contribution < 1.29 is 43.5 Å². The normalized spacial score (nSPS) is 22.4. The highest BCUT2D eigenvalue weighted by molar-refractivity contribution is 5.97. The van der Waals surface area contributed by atoms with Crippen LogP contribution in [0.1, 0.15) is 83.3 Å². The van der Waals surface area contributed by atoms with E-state index in [4.69, 9.17) is 28.7 Å². The van der Waals surface area contributed by atoms with E-state index in [2.05, 4.69) is 57.5 Å². The van der Waals surface area contributed by atoms with Crippen molar-refractivity contribution in [2.45, 2.75) is 134 Å². The summed E-state index contributed by atoms with van der Waals surface area (Å²) in [5, 5.41) is 34.7. The Balaban J connectivity index is 1.76. The van der Waals surface area contributed by atoms with Gasteiger partial charge in [-0.1, -0.05) is 62.4 Å². The number of nitrogens with zero attached hydrogens (tertiary/aromatic N) is 2. The summed E-state index contributed by atoms with van der Waals surface area (Å²) in [6.45, 7) is 4.78. The second-order valence-corrected chi connectivity index (χ2v) is 18.5. The first-order chi connectivity index (χ1) is 35.2. The van der Waals surface area contributed by atoms with Crippen LogP contribution < -0.4 is 71.2 Å². The Kier molecular flexibility index (Phi) is 23.5. The molecular formula is C49H74N16O9. The van der Waals surface area contributed by atoms with Gasteiger partial charge in [0.2, 0.25) is 47.3 Å². The summed E-state index contributed by atoms with van der Waals surface area (Å²) in [5.74, 6) is -7.01. The molecule has 1 aromatic heterocycles. The van der Waals surface area contributed by atoms with E-state index in [1.165, 1.54) is 6.92 Å². The minimum absolute atomic E-state index is 0.00284. The fraction of sp³-hybridized carbons (Fsp3) is 0.510. The molecule has 0 radical (unpaired) electrons. The number of carbonyl (C=O) groups is 8. The number of aliphatic imine (C=N–C) groups is 2. The highest BCUT2D eigenvalue weighted by Gasteiger charge is 2.36. The zero-order chi connectivity index (χ0) is 54.3. The molecule has 8 amide bonds. The third-order valence-corrected chi connectivity index (χ3v) is 12.2. The number of benzene rings is 2. The summed E-state index contributed by atoms with van der Waals surface area (Å²) in [7, 11) is 0. The molecule has 2 heterocycles. The van der Waals surface area contributed by atoms with Gasteiger partial charge in [0, 0.05) is 50.1 Å². The summed E-state index contributed by atoms with van der Waals surface area (Å²) in [6.07, 6.45) is 0.623. The van der Waals surface area contributed by atoms with Crippen molar-refractivity contribution in [1.82, 2.24) is 47.5 Å². The number of carbonyl (C=O) groups excluding carboxylic acids is 8. The fourth-order valence-corrected chi connectivity index (χ4v) is 8.31. The molecule has 404 valence electrons. The maximum Gasteiger partial charge on any atom is 0.243 e. The Morgan fingerprint density at radius 2 is 1.43 bits per heavy atom. The van der Waals surface area contributed by atoms with Gasteiger partial charge >= 0.3 is 0 Å². The van der Waals surface area contributed by atoms with Crippen molar-refractivity contribution >= 4 is 70.1 Å². The van der Waals surface area contributed by atoms with E-state index in [9.17, 15) is 43.5 Å². The van der Waals surface area contributed by atoms with Crippen LogP contribution in [0.2, 0.25) is 0 Å². The number of aliphatic hydroxyl groups is 1. The maximum atomic E-state index is 14.6. The van der Waals surface area contributed by atoms with Crippen LogP contribution in [-0.2, 0) is 51.2 Å². The second-order valence-electron chi connectivity index (χ2n) is 18.5. The third-order valence-electron chi connectivity index (χ3n) is 12.2. The van der Waals surface area contributed by atoms with Crippen molar-refractivity contribution in [3.63, 3.8) is 0 Å². The van der Waals surface area contributed by atoms with Crippen molar-refractivity contribution in [3.8, 4) is 0 Å². The molecule has 1 aliphatic rings. The van der Waals surface area contributed by atoms with E-state index in [1.807, 2.05) is 24.3 Å². The predicted molar refractivity (Wildman–Crippen MR) is 278 cm³/mol. The van der Waals surface area contributed by atoms with Gasteiger partial charge in [0.25, 0.3) is 0 Å². The molecule has 1 fully saturated rings. The van der Waals surface area contributed by atoms with E-state index in [-0.39, 0.29) is 89.3 Å². The number of hydrogen-bond donors (Lipinski definition) is 15. The minimum atomic E-state index is -1.64. The van der Waals surface area contributed by atoms with Crippen LogP contribution >= 0.6 is 0 Å². The number of guanidine groups is 2. The van der Waals surface area contributed by atoms with Gasteiger partial charge in [-0.15, -0.1) is 0 Å². The number of primary amides is 1. The molecule has 4 rings (SSSR count). The Morgan fingerprint density at radius 3 is 2.09 bits per heavy atom. The Hall–Kier alpha value is -7.80. The second kappa shape index (κ2) is 29.7. The van der Waals surface area contributed by atoms with E-state index < -0.39 is 108 Å². The van der Waals surface area contributed by atoms with Gasteiger partial charge in [-0.3, -0.25) is 53.7 Å². The maximum absolute atomic E-state index is 14.6. The number of para-hydroxylation sites is 1. The molecule has 8 atom stereocenters. The van der Waals surface area contributed by atoms with Gasteiger partial charge in [-0.2, -0.15) is 0 Å². The summed E-state index contributed by atoms with van der Waals surface area (Å²) < 4.78 is 0. The SMILES string of the molecule is CC(=O)NC(CCCN=C(N)N)C(=O)NC1CC(=O)NCCCCC(C(N)=O)NC(=O)C(Cc2c[nH]c3ccccc23)NC(O)C(CCCN=C(N)N)NC(=O)C(Cc2ccccc2)NC(=O)C(C(C)C)NC1=O. The van der Waals surface area contributed by atoms with Gasteiger partial charge in [0.1, 0.15) is 36.4 Å². The Bertz CT molecular complexity index is 2440. The number of H-pyrrole nitrogens is 1. The molecule has 2 aromatic carbocycles. The highest BCUT2D eigenvalue weighted by Crippen LogP contribution is 2.20. The van der Waals surface area contributed by atoms with Crippen molar-refractivity contribution in [1.29, 1.82) is 0 Å². The van der Waals surface area contributed by atoms with E-state index >= 15 is 0 Å². The number of aliphatic hydroxyl groups excluding tert-OH is 1. The lowest BCUT2D eigenvalue weighted by Crippen LogP contribution is -2.62.